The van der Waals surface area contributed by atoms with E-state index in [1.807, 2.05) is 20.8 Å². The molecule has 0 bridgehead atoms. The number of ether oxygens (including phenoxy) is 1. The van der Waals surface area contributed by atoms with Crippen LogP contribution in [-0.2, 0) is 4.74 Å². The van der Waals surface area contributed by atoms with Gasteiger partial charge in [0.15, 0.2) is 0 Å². The predicted octanol–water partition coefficient (Wildman–Crippen LogP) is 2.65. The Balaban J connectivity index is 2.20. The standard InChI is InChI=1S/C14H17N3O3/c1-8(13-9(2)17-20-10(13)3)16-12-7-11(5-6-15-12)14(18)19-4/h5-8H,1-4H3,(H,15,16). The minimum atomic E-state index is -0.388. The molecule has 1 atom stereocenters. The Morgan fingerprint density at radius 1 is 1.45 bits per heavy atom. The second kappa shape index (κ2) is 5.73. The lowest BCUT2D eigenvalue weighted by molar-refractivity contribution is 0.0600. The normalized spacial score (nSPS) is 12.0. The molecule has 20 heavy (non-hydrogen) atoms. The summed E-state index contributed by atoms with van der Waals surface area (Å²) in [7, 11) is 1.35. The Labute approximate surface area is 117 Å². The molecular weight excluding hydrogens is 258 g/mol. The van der Waals surface area contributed by atoms with Gasteiger partial charge in [0.2, 0.25) is 0 Å². The minimum absolute atomic E-state index is 0.0263. The maximum atomic E-state index is 11.5. The molecule has 6 nitrogen and oxygen atoms in total. The van der Waals surface area contributed by atoms with Gasteiger partial charge in [0.05, 0.1) is 24.4 Å². The van der Waals surface area contributed by atoms with E-state index in [0.717, 1.165) is 17.0 Å². The summed E-state index contributed by atoms with van der Waals surface area (Å²) in [6.07, 6.45) is 1.56. The van der Waals surface area contributed by atoms with Crippen molar-refractivity contribution in [2.75, 3.05) is 12.4 Å². The van der Waals surface area contributed by atoms with E-state index in [1.165, 1.54) is 7.11 Å². The number of hydrogen-bond acceptors (Lipinski definition) is 6. The number of esters is 1. The average Bonchev–Trinajstić information content (AvgIpc) is 2.77. The molecule has 1 unspecified atom stereocenters. The Morgan fingerprint density at radius 3 is 2.80 bits per heavy atom. The van der Waals surface area contributed by atoms with Crippen molar-refractivity contribution in [2.24, 2.45) is 0 Å². The lowest BCUT2D eigenvalue weighted by atomic mass is 10.1. The van der Waals surface area contributed by atoms with Gasteiger partial charge in [-0.15, -0.1) is 0 Å². The van der Waals surface area contributed by atoms with Crippen molar-refractivity contribution >= 4 is 11.8 Å². The first-order chi connectivity index (χ1) is 9.52. The molecule has 106 valence electrons. The van der Waals surface area contributed by atoms with Crippen molar-refractivity contribution in [1.29, 1.82) is 0 Å². The van der Waals surface area contributed by atoms with Crippen LogP contribution in [0.15, 0.2) is 22.9 Å². The van der Waals surface area contributed by atoms with Crippen molar-refractivity contribution in [3.8, 4) is 0 Å². The highest BCUT2D eigenvalue weighted by Crippen LogP contribution is 2.24. The van der Waals surface area contributed by atoms with E-state index in [-0.39, 0.29) is 12.0 Å². The van der Waals surface area contributed by atoms with Crippen LogP contribution in [0.2, 0.25) is 0 Å². The van der Waals surface area contributed by atoms with Gasteiger partial charge in [-0.05, 0) is 32.9 Å². The number of carbonyl (C=O) groups excluding carboxylic acids is 1. The predicted molar refractivity (Wildman–Crippen MR) is 73.6 cm³/mol. The molecule has 0 fully saturated rings. The lowest BCUT2D eigenvalue weighted by Gasteiger charge is -2.14. The largest absolute Gasteiger partial charge is 0.465 e. The molecule has 2 aromatic heterocycles. The lowest BCUT2D eigenvalue weighted by Crippen LogP contribution is -2.10. The zero-order valence-corrected chi connectivity index (χ0v) is 11.9. The van der Waals surface area contributed by atoms with Gasteiger partial charge >= 0.3 is 5.97 Å². The van der Waals surface area contributed by atoms with Gasteiger partial charge in [-0.3, -0.25) is 0 Å². The maximum Gasteiger partial charge on any atom is 0.338 e. The fourth-order valence-corrected chi connectivity index (χ4v) is 2.16. The van der Waals surface area contributed by atoms with Crippen LogP contribution in [0.4, 0.5) is 5.82 Å². The molecule has 0 aliphatic carbocycles. The van der Waals surface area contributed by atoms with Crippen molar-refractivity contribution in [1.82, 2.24) is 10.1 Å². The Morgan fingerprint density at radius 2 is 2.20 bits per heavy atom. The molecular formula is C14H17N3O3. The minimum Gasteiger partial charge on any atom is -0.465 e. The molecule has 0 saturated carbocycles. The van der Waals surface area contributed by atoms with Crippen molar-refractivity contribution in [3.63, 3.8) is 0 Å². The van der Waals surface area contributed by atoms with Crippen LogP contribution < -0.4 is 5.32 Å². The van der Waals surface area contributed by atoms with Gasteiger partial charge in [0.1, 0.15) is 11.6 Å². The molecule has 0 saturated heterocycles. The molecule has 0 aliphatic heterocycles. The average molecular weight is 275 g/mol. The first-order valence-electron chi connectivity index (χ1n) is 6.26. The zero-order valence-electron chi connectivity index (χ0n) is 11.9. The second-order valence-electron chi connectivity index (χ2n) is 4.53. The number of pyridine rings is 1. The molecule has 2 rings (SSSR count). The highest BCUT2D eigenvalue weighted by Gasteiger charge is 2.17. The Bertz CT molecular complexity index is 602. The number of nitrogens with one attached hydrogen (secondary N) is 1. The zero-order chi connectivity index (χ0) is 14.7. The van der Waals surface area contributed by atoms with Crippen LogP contribution in [0.25, 0.3) is 0 Å². The molecule has 2 heterocycles. The molecule has 0 radical (unpaired) electrons. The number of hydrogen-bond donors (Lipinski definition) is 1. The quantitative estimate of drug-likeness (QED) is 0.864. The van der Waals surface area contributed by atoms with E-state index in [9.17, 15) is 4.79 Å². The van der Waals surface area contributed by atoms with Crippen LogP contribution in [0.5, 0.6) is 0 Å². The molecule has 0 aliphatic rings. The van der Waals surface area contributed by atoms with Crippen LogP contribution in [0.1, 0.15) is 40.3 Å². The molecule has 6 heteroatoms. The highest BCUT2D eigenvalue weighted by molar-refractivity contribution is 5.89. The summed E-state index contributed by atoms with van der Waals surface area (Å²) in [5, 5.41) is 7.15. The SMILES string of the molecule is COC(=O)c1ccnc(NC(C)c2c(C)noc2C)c1. The third kappa shape index (κ3) is 2.79. The summed E-state index contributed by atoms with van der Waals surface area (Å²) >= 11 is 0. The third-order valence-electron chi connectivity index (χ3n) is 3.07. The summed E-state index contributed by atoms with van der Waals surface area (Å²) in [5.74, 6) is 0.979. The monoisotopic (exact) mass is 275 g/mol. The van der Waals surface area contributed by atoms with Crippen molar-refractivity contribution in [2.45, 2.75) is 26.8 Å². The first-order valence-corrected chi connectivity index (χ1v) is 6.26. The number of anilines is 1. The van der Waals surface area contributed by atoms with Crippen LogP contribution >= 0.6 is 0 Å². The Kier molecular flexibility index (Phi) is 4.02. The summed E-state index contributed by atoms with van der Waals surface area (Å²) in [6.45, 7) is 5.74. The third-order valence-corrected chi connectivity index (χ3v) is 3.07. The van der Waals surface area contributed by atoms with Gasteiger partial charge in [0, 0.05) is 11.8 Å². The van der Waals surface area contributed by atoms with Gasteiger partial charge < -0.3 is 14.6 Å². The second-order valence-corrected chi connectivity index (χ2v) is 4.53. The summed E-state index contributed by atoms with van der Waals surface area (Å²) in [6, 6.07) is 3.24. The fourth-order valence-electron chi connectivity index (χ4n) is 2.16. The number of carbonyl (C=O) groups is 1. The van der Waals surface area contributed by atoms with Crippen molar-refractivity contribution in [3.05, 3.63) is 40.9 Å². The van der Waals surface area contributed by atoms with E-state index in [4.69, 9.17) is 4.52 Å². The summed E-state index contributed by atoms with van der Waals surface area (Å²) in [4.78, 5) is 15.7. The first kappa shape index (κ1) is 14.0. The van der Waals surface area contributed by atoms with Gasteiger partial charge in [0.25, 0.3) is 0 Å². The number of rotatable bonds is 4. The summed E-state index contributed by atoms with van der Waals surface area (Å²) in [5.41, 5.74) is 2.29. The highest BCUT2D eigenvalue weighted by atomic mass is 16.5. The Hall–Kier alpha value is -2.37. The van der Waals surface area contributed by atoms with E-state index < -0.39 is 0 Å². The number of methoxy groups -OCH3 is 1. The van der Waals surface area contributed by atoms with E-state index in [1.54, 1.807) is 18.3 Å². The van der Waals surface area contributed by atoms with Gasteiger partial charge in [-0.25, -0.2) is 9.78 Å². The van der Waals surface area contributed by atoms with Gasteiger partial charge in [-0.2, -0.15) is 0 Å². The van der Waals surface area contributed by atoms with Crippen LogP contribution in [-0.4, -0.2) is 23.2 Å². The van der Waals surface area contributed by atoms with E-state index in [0.29, 0.717) is 11.4 Å². The maximum absolute atomic E-state index is 11.5. The molecule has 1 N–H and O–H groups in total. The topological polar surface area (TPSA) is 77.2 Å². The number of aromatic nitrogens is 2. The molecule has 0 aromatic carbocycles. The molecule has 0 spiro atoms. The number of aryl methyl sites for hydroxylation is 2. The van der Waals surface area contributed by atoms with E-state index in [2.05, 4.69) is 20.2 Å². The fraction of sp³-hybridized carbons (Fsp3) is 0.357. The molecule has 0 amide bonds. The van der Waals surface area contributed by atoms with E-state index >= 15 is 0 Å². The molecule has 2 aromatic rings. The van der Waals surface area contributed by atoms with Gasteiger partial charge in [-0.1, -0.05) is 5.16 Å². The van der Waals surface area contributed by atoms with Crippen LogP contribution in [0, 0.1) is 13.8 Å². The van der Waals surface area contributed by atoms with Crippen LogP contribution in [0.3, 0.4) is 0 Å². The van der Waals surface area contributed by atoms with Crippen molar-refractivity contribution < 1.29 is 14.1 Å². The smallest absolute Gasteiger partial charge is 0.338 e. The summed E-state index contributed by atoms with van der Waals surface area (Å²) < 4.78 is 9.84. The number of nitrogens with zero attached hydrogens (tertiary/aromatic N) is 2.